The Hall–Kier alpha value is -1.49. The molecule has 0 spiro atoms. The highest BCUT2D eigenvalue weighted by Crippen LogP contribution is 2.27. The van der Waals surface area contributed by atoms with Gasteiger partial charge in [-0.2, -0.15) is 0 Å². The second kappa shape index (κ2) is 6.79. The molecule has 1 amide bonds. The van der Waals surface area contributed by atoms with E-state index in [1.165, 1.54) is 18.9 Å². The molecule has 110 valence electrons. The summed E-state index contributed by atoms with van der Waals surface area (Å²) in [7, 11) is 0. The van der Waals surface area contributed by atoms with Crippen LogP contribution in [-0.2, 0) is 11.3 Å². The summed E-state index contributed by atoms with van der Waals surface area (Å²) in [6.45, 7) is 3.90. The zero-order chi connectivity index (χ0) is 14.5. The fourth-order valence-electron chi connectivity index (χ4n) is 2.05. The Morgan fingerprint density at radius 2 is 2.10 bits per heavy atom. The Bertz CT molecular complexity index is 475. The van der Waals surface area contributed by atoms with Crippen LogP contribution in [0.5, 0.6) is 0 Å². The summed E-state index contributed by atoms with van der Waals surface area (Å²) in [4.78, 5) is 13.7. The molecule has 1 aromatic rings. The van der Waals surface area contributed by atoms with Crippen LogP contribution in [0, 0.1) is 17.6 Å². The molecule has 2 rings (SSSR count). The molecule has 0 saturated heterocycles. The molecule has 1 aromatic carbocycles. The molecule has 1 saturated carbocycles. The molecule has 0 aromatic heterocycles. The highest BCUT2D eigenvalue weighted by molar-refractivity contribution is 5.78. The van der Waals surface area contributed by atoms with Crippen molar-refractivity contribution in [3.63, 3.8) is 0 Å². The largest absolute Gasteiger partial charge is 0.338 e. The third kappa shape index (κ3) is 4.27. The van der Waals surface area contributed by atoms with Gasteiger partial charge in [0.05, 0.1) is 6.54 Å². The lowest BCUT2D eigenvalue weighted by atomic mass is 10.2. The number of nitrogens with zero attached hydrogens (tertiary/aromatic N) is 1. The minimum atomic E-state index is -0.877. The van der Waals surface area contributed by atoms with Gasteiger partial charge in [0.1, 0.15) is 0 Å². The molecule has 0 radical (unpaired) electrons. The molecule has 20 heavy (non-hydrogen) atoms. The zero-order valence-electron chi connectivity index (χ0n) is 11.7. The zero-order valence-corrected chi connectivity index (χ0v) is 11.7. The summed E-state index contributed by atoms with van der Waals surface area (Å²) in [5.41, 5.74) is 0.598. The van der Waals surface area contributed by atoms with Crippen molar-refractivity contribution in [1.82, 2.24) is 10.2 Å². The van der Waals surface area contributed by atoms with E-state index in [-0.39, 0.29) is 5.91 Å². The molecule has 0 aliphatic heterocycles. The molecular weight excluding hydrogens is 262 g/mol. The first-order chi connectivity index (χ1) is 9.60. The first-order valence-corrected chi connectivity index (χ1v) is 7.02. The van der Waals surface area contributed by atoms with Crippen LogP contribution in [0.15, 0.2) is 18.2 Å². The average molecular weight is 282 g/mol. The summed E-state index contributed by atoms with van der Waals surface area (Å²) < 4.78 is 26.0. The number of nitrogens with one attached hydrogen (secondary N) is 1. The Kier molecular flexibility index (Phi) is 5.06. The van der Waals surface area contributed by atoms with Gasteiger partial charge in [-0.05, 0) is 49.9 Å². The number of likely N-dealkylation sites (N-methyl/N-ethyl adjacent to an activating group) is 1. The standard InChI is InChI=1S/C15H20F2N2O/c1-2-19(15(20)9-18-8-11-3-4-11)10-12-5-6-13(16)14(17)7-12/h5-7,11,18H,2-4,8-10H2,1H3. The molecule has 1 N–H and O–H groups in total. The number of rotatable bonds is 7. The molecule has 1 aliphatic carbocycles. The Labute approximate surface area is 118 Å². The number of hydrogen-bond donors (Lipinski definition) is 1. The summed E-state index contributed by atoms with van der Waals surface area (Å²) >= 11 is 0. The normalized spacial score (nSPS) is 14.3. The lowest BCUT2D eigenvalue weighted by Crippen LogP contribution is -2.38. The maximum absolute atomic E-state index is 13.1. The van der Waals surface area contributed by atoms with Gasteiger partial charge in [-0.3, -0.25) is 4.79 Å². The topological polar surface area (TPSA) is 32.3 Å². The van der Waals surface area contributed by atoms with Crippen molar-refractivity contribution in [3.05, 3.63) is 35.4 Å². The van der Waals surface area contributed by atoms with Crippen LogP contribution < -0.4 is 5.32 Å². The molecule has 5 heteroatoms. The second-order valence-electron chi connectivity index (χ2n) is 5.23. The van der Waals surface area contributed by atoms with Gasteiger partial charge in [-0.25, -0.2) is 8.78 Å². The smallest absolute Gasteiger partial charge is 0.236 e. The Morgan fingerprint density at radius 3 is 2.70 bits per heavy atom. The van der Waals surface area contributed by atoms with Gasteiger partial charge in [0.2, 0.25) is 5.91 Å². The number of amides is 1. The van der Waals surface area contributed by atoms with Gasteiger partial charge in [0.15, 0.2) is 11.6 Å². The van der Waals surface area contributed by atoms with E-state index in [2.05, 4.69) is 5.32 Å². The third-order valence-electron chi connectivity index (χ3n) is 3.50. The van der Waals surface area contributed by atoms with E-state index in [9.17, 15) is 13.6 Å². The van der Waals surface area contributed by atoms with Crippen molar-refractivity contribution in [2.24, 2.45) is 5.92 Å². The van der Waals surface area contributed by atoms with Crippen molar-refractivity contribution in [3.8, 4) is 0 Å². The first kappa shape index (κ1) is 14.9. The third-order valence-corrected chi connectivity index (χ3v) is 3.50. The molecule has 0 bridgehead atoms. The number of hydrogen-bond acceptors (Lipinski definition) is 2. The van der Waals surface area contributed by atoms with Gasteiger partial charge in [0, 0.05) is 13.1 Å². The van der Waals surface area contributed by atoms with E-state index < -0.39 is 11.6 Å². The van der Waals surface area contributed by atoms with Crippen LogP contribution in [0.4, 0.5) is 8.78 Å². The van der Waals surface area contributed by atoms with Gasteiger partial charge < -0.3 is 10.2 Å². The minimum absolute atomic E-state index is 0.0158. The summed E-state index contributed by atoms with van der Waals surface area (Å²) in [5.74, 6) is -1.03. The number of carbonyl (C=O) groups is 1. The van der Waals surface area contributed by atoms with Crippen LogP contribution in [-0.4, -0.2) is 30.4 Å². The highest BCUT2D eigenvalue weighted by Gasteiger charge is 2.21. The monoisotopic (exact) mass is 282 g/mol. The summed E-state index contributed by atoms with van der Waals surface area (Å²) in [6.07, 6.45) is 2.49. The SMILES string of the molecule is CCN(Cc1ccc(F)c(F)c1)C(=O)CNCC1CC1. The van der Waals surface area contributed by atoms with Crippen LogP contribution >= 0.6 is 0 Å². The van der Waals surface area contributed by atoms with E-state index >= 15 is 0 Å². The maximum atomic E-state index is 13.1. The van der Waals surface area contributed by atoms with Crippen molar-refractivity contribution in [2.75, 3.05) is 19.6 Å². The van der Waals surface area contributed by atoms with Crippen LogP contribution in [0.25, 0.3) is 0 Å². The second-order valence-corrected chi connectivity index (χ2v) is 5.23. The highest BCUT2D eigenvalue weighted by atomic mass is 19.2. The fraction of sp³-hybridized carbons (Fsp3) is 0.533. The molecule has 1 aliphatic rings. The lowest BCUT2D eigenvalue weighted by Gasteiger charge is -2.21. The molecule has 3 nitrogen and oxygen atoms in total. The first-order valence-electron chi connectivity index (χ1n) is 7.02. The molecular formula is C15H20F2N2O. The van der Waals surface area contributed by atoms with Gasteiger partial charge >= 0.3 is 0 Å². The van der Waals surface area contributed by atoms with E-state index in [0.29, 0.717) is 25.2 Å². The Morgan fingerprint density at radius 1 is 1.35 bits per heavy atom. The molecule has 0 unspecified atom stereocenters. The van der Waals surface area contributed by atoms with Gasteiger partial charge in [-0.15, -0.1) is 0 Å². The van der Waals surface area contributed by atoms with Crippen LogP contribution in [0.2, 0.25) is 0 Å². The van der Waals surface area contributed by atoms with Crippen molar-refractivity contribution >= 4 is 5.91 Å². The fourth-order valence-corrected chi connectivity index (χ4v) is 2.05. The van der Waals surface area contributed by atoms with Gasteiger partial charge in [0.25, 0.3) is 0 Å². The van der Waals surface area contributed by atoms with Crippen molar-refractivity contribution < 1.29 is 13.6 Å². The van der Waals surface area contributed by atoms with E-state index in [0.717, 1.165) is 24.6 Å². The predicted octanol–water partition coefficient (Wildman–Crippen LogP) is 2.31. The lowest BCUT2D eigenvalue weighted by molar-refractivity contribution is -0.130. The van der Waals surface area contributed by atoms with Crippen molar-refractivity contribution in [1.29, 1.82) is 0 Å². The Balaban J connectivity index is 1.85. The summed E-state index contributed by atoms with van der Waals surface area (Å²) in [6, 6.07) is 3.74. The quantitative estimate of drug-likeness (QED) is 0.832. The predicted molar refractivity (Wildman–Crippen MR) is 73.0 cm³/mol. The van der Waals surface area contributed by atoms with Crippen LogP contribution in [0.3, 0.4) is 0 Å². The number of halogens is 2. The number of carbonyl (C=O) groups excluding carboxylic acids is 1. The van der Waals surface area contributed by atoms with E-state index in [4.69, 9.17) is 0 Å². The summed E-state index contributed by atoms with van der Waals surface area (Å²) in [5, 5.41) is 3.14. The molecule has 0 atom stereocenters. The minimum Gasteiger partial charge on any atom is -0.338 e. The van der Waals surface area contributed by atoms with Crippen LogP contribution in [0.1, 0.15) is 25.3 Å². The molecule has 1 fully saturated rings. The van der Waals surface area contributed by atoms with E-state index in [1.54, 1.807) is 4.90 Å². The van der Waals surface area contributed by atoms with Crippen molar-refractivity contribution in [2.45, 2.75) is 26.3 Å². The average Bonchev–Trinajstić information content (AvgIpc) is 3.24. The molecule has 0 heterocycles. The van der Waals surface area contributed by atoms with E-state index in [1.807, 2.05) is 6.92 Å². The van der Waals surface area contributed by atoms with Gasteiger partial charge in [-0.1, -0.05) is 6.07 Å². The maximum Gasteiger partial charge on any atom is 0.236 e. The number of benzene rings is 1.